The number of aromatic nitrogens is 1. The number of hydrogen-bond acceptors (Lipinski definition) is 3. The Morgan fingerprint density at radius 2 is 1.85 bits per heavy atom. The van der Waals surface area contributed by atoms with Crippen LogP contribution in [0.2, 0.25) is 0 Å². The van der Waals surface area contributed by atoms with Crippen LogP contribution >= 0.6 is 0 Å². The zero-order valence-electron chi connectivity index (χ0n) is 19.1. The van der Waals surface area contributed by atoms with Crippen LogP contribution in [0, 0.1) is 5.92 Å². The third-order valence-electron chi connectivity index (χ3n) is 6.86. The number of nitrogens with zero attached hydrogens (tertiary/aromatic N) is 2. The second kappa shape index (κ2) is 7.76. The summed E-state index contributed by atoms with van der Waals surface area (Å²) in [6.07, 6.45) is 1.60. The molecule has 1 fully saturated rings. The lowest BCUT2D eigenvalue weighted by molar-refractivity contribution is -0.125. The van der Waals surface area contributed by atoms with Crippen molar-refractivity contribution in [3.05, 3.63) is 65.4 Å². The quantitative estimate of drug-likeness (QED) is 0.579. The van der Waals surface area contributed by atoms with Gasteiger partial charge < -0.3 is 15.2 Å². The van der Waals surface area contributed by atoms with Crippen LogP contribution in [0.15, 0.2) is 48.5 Å². The van der Waals surface area contributed by atoms with Crippen molar-refractivity contribution in [2.24, 2.45) is 5.92 Å². The summed E-state index contributed by atoms with van der Waals surface area (Å²) in [6, 6.07) is 14.3. The first-order valence-electron chi connectivity index (χ1n) is 11.5. The molecule has 1 atom stereocenters. The van der Waals surface area contributed by atoms with Gasteiger partial charge in [-0.3, -0.25) is 9.59 Å². The highest BCUT2D eigenvalue weighted by atomic mass is 16.2. The maximum absolute atomic E-state index is 13.7. The Kier molecular flexibility index (Phi) is 5.00. The van der Waals surface area contributed by atoms with Gasteiger partial charge in [0, 0.05) is 29.6 Å². The fourth-order valence-electron chi connectivity index (χ4n) is 4.96. The van der Waals surface area contributed by atoms with Crippen molar-refractivity contribution in [3.8, 4) is 0 Å². The number of amides is 4. The Bertz CT molecular complexity index is 1260. The van der Waals surface area contributed by atoms with Crippen molar-refractivity contribution in [1.82, 2.24) is 15.2 Å². The summed E-state index contributed by atoms with van der Waals surface area (Å²) in [5.74, 6) is 0.0695. The molecule has 33 heavy (non-hydrogen) atoms. The molecule has 4 amide bonds. The van der Waals surface area contributed by atoms with Crippen molar-refractivity contribution in [2.75, 3.05) is 18.0 Å². The minimum atomic E-state index is -1.09. The van der Waals surface area contributed by atoms with Gasteiger partial charge in [-0.05, 0) is 61.6 Å². The van der Waals surface area contributed by atoms with Crippen molar-refractivity contribution in [2.45, 2.75) is 39.2 Å². The molecule has 1 saturated heterocycles. The van der Waals surface area contributed by atoms with Gasteiger partial charge in [-0.15, -0.1) is 0 Å². The number of hydrogen-bond donors (Lipinski definition) is 2. The van der Waals surface area contributed by atoms with E-state index >= 15 is 0 Å². The predicted molar refractivity (Wildman–Crippen MR) is 127 cm³/mol. The lowest BCUT2D eigenvalue weighted by Gasteiger charge is -2.35. The molecule has 0 bridgehead atoms. The Labute approximate surface area is 192 Å². The van der Waals surface area contributed by atoms with Gasteiger partial charge in [0.1, 0.15) is 0 Å². The number of rotatable bonds is 5. The standard InChI is InChI=1S/C26H28N4O3/c1-16(2)12-14-27-23(31)17-8-10-18(11-9-17)30-24(32)26(3)22-20(13-15-29(26)25(30)33)19-6-4-5-7-21(19)28-22/h4-11,16,28H,12-15H2,1-3H3,(H,27,31). The van der Waals surface area contributed by atoms with E-state index in [1.807, 2.05) is 31.2 Å². The lowest BCUT2D eigenvalue weighted by atomic mass is 9.87. The molecule has 2 aliphatic heterocycles. The zero-order chi connectivity index (χ0) is 23.3. The lowest BCUT2D eigenvalue weighted by Crippen LogP contribution is -2.49. The van der Waals surface area contributed by atoms with Gasteiger partial charge in [-0.25, -0.2) is 9.69 Å². The molecule has 5 rings (SSSR count). The molecule has 7 heteroatoms. The molecule has 0 spiro atoms. The van der Waals surface area contributed by atoms with Crippen LogP contribution in [-0.2, 0) is 16.8 Å². The number of anilines is 1. The molecule has 2 N–H and O–H groups in total. The molecule has 0 saturated carbocycles. The van der Waals surface area contributed by atoms with E-state index in [0.717, 1.165) is 28.6 Å². The monoisotopic (exact) mass is 444 g/mol. The number of nitrogens with one attached hydrogen (secondary N) is 2. The molecule has 2 aromatic carbocycles. The Balaban J connectivity index is 1.44. The minimum absolute atomic E-state index is 0.159. The van der Waals surface area contributed by atoms with Crippen molar-refractivity contribution >= 4 is 34.4 Å². The van der Waals surface area contributed by atoms with E-state index in [1.165, 1.54) is 4.90 Å². The normalized spacial score (nSPS) is 19.9. The summed E-state index contributed by atoms with van der Waals surface area (Å²) in [5.41, 5.74) is 2.74. The molecular weight excluding hydrogens is 416 g/mol. The zero-order valence-corrected chi connectivity index (χ0v) is 19.1. The topological polar surface area (TPSA) is 85.5 Å². The molecule has 1 aromatic heterocycles. The number of H-pyrrole nitrogens is 1. The van der Waals surface area contributed by atoms with Gasteiger partial charge >= 0.3 is 6.03 Å². The van der Waals surface area contributed by atoms with E-state index < -0.39 is 5.54 Å². The molecule has 2 aliphatic rings. The van der Waals surface area contributed by atoms with E-state index in [1.54, 1.807) is 29.2 Å². The van der Waals surface area contributed by atoms with Crippen LogP contribution in [0.1, 0.15) is 48.8 Å². The SMILES string of the molecule is CC(C)CCNC(=O)c1ccc(N2C(=O)N3CCc4c([nH]c5ccccc45)C3(C)C2=O)cc1. The Morgan fingerprint density at radius 1 is 1.12 bits per heavy atom. The van der Waals surface area contributed by atoms with Gasteiger partial charge in [-0.2, -0.15) is 0 Å². The van der Waals surface area contributed by atoms with Gasteiger partial charge in [0.05, 0.1) is 11.4 Å². The second-order valence-corrected chi connectivity index (χ2v) is 9.41. The maximum atomic E-state index is 13.7. The number of urea groups is 1. The molecule has 1 unspecified atom stereocenters. The summed E-state index contributed by atoms with van der Waals surface area (Å²) >= 11 is 0. The van der Waals surface area contributed by atoms with Crippen LogP contribution in [-0.4, -0.2) is 40.8 Å². The molecular formula is C26H28N4O3. The fourth-order valence-corrected chi connectivity index (χ4v) is 4.96. The second-order valence-electron chi connectivity index (χ2n) is 9.41. The van der Waals surface area contributed by atoms with Crippen LogP contribution < -0.4 is 10.2 Å². The largest absolute Gasteiger partial charge is 0.356 e. The van der Waals surface area contributed by atoms with Gasteiger partial charge in [-0.1, -0.05) is 32.0 Å². The summed E-state index contributed by atoms with van der Waals surface area (Å²) in [6.45, 7) is 7.12. The van der Waals surface area contributed by atoms with E-state index in [4.69, 9.17) is 0 Å². The minimum Gasteiger partial charge on any atom is -0.356 e. The molecule has 7 nitrogen and oxygen atoms in total. The fraction of sp³-hybridized carbons (Fsp3) is 0.346. The summed E-state index contributed by atoms with van der Waals surface area (Å²) < 4.78 is 0. The maximum Gasteiger partial charge on any atom is 0.332 e. The van der Waals surface area contributed by atoms with Crippen LogP contribution in [0.25, 0.3) is 10.9 Å². The Hall–Kier alpha value is -3.61. The third kappa shape index (κ3) is 3.22. The highest BCUT2D eigenvalue weighted by Gasteiger charge is 2.58. The van der Waals surface area contributed by atoms with E-state index in [2.05, 4.69) is 24.1 Å². The smallest absolute Gasteiger partial charge is 0.332 e. The van der Waals surface area contributed by atoms with Crippen molar-refractivity contribution in [3.63, 3.8) is 0 Å². The average Bonchev–Trinajstić information content (AvgIpc) is 3.27. The molecule has 170 valence electrons. The van der Waals surface area contributed by atoms with Gasteiger partial charge in [0.2, 0.25) is 0 Å². The van der Waals surface area contributed by atoms with Gasteiger partial charge in [0.25, 0.3) is 11.8 Å². The number of benzene rings is 2. The number of aromatic amines is 1. The number of carbonyl (C=O) groups is 3. The number of para-hydroxylation sites is 1. The van der Waals surface area contributed by atoms with E-state index in [-0.39, 0.29) is 17.8 Å². The van der Waals surface area contributed by atoms with E-state index in [0.29, 0.717) is 36.7 Å². The number of fused-ring (bicyclic) bond motifs is 5. The Morgan fingerprint density at radius 3 is 2.58 bits per heavy atom. The molecule has 3 aromatic rings. The highest BCUT2D eigenvalue weighted by Crippen LogP contribution is 2.45. The van der Waals surface area contributed by atoms with Crippen LogP contribution in [0.3, 0.4) is 0 Å². The number of imide groups is 1. The average molecular weight is 445 g/mol. The predicted octanol–water partition coefficient (Wildman–Crippen LogP) is 4.18. The van der Waals surface area contributed by atoms with Crippen LogP contribution in [0.4, 0.5) is 10.5 Å². The van der Waals surface area contributed by atoms with Crippen molar-refractivity contribution in [1.29, 1.82) is 0 Å². The summed E-state index contributed by atoms with van der Waals surface area (Å²) in [5, 5.41) is 4.01. The first-order valence-corrected chi connectivity index (χ1v) is 11.5. The third-order valence-corrected chi connectivity index (χ3v) is 6.86. The first kappa shape index (κ1) is 21.2. The summed E-state index contributed by atoms with van der Waals surface area (Å²) in [4.78, 5) is 45.7. The molecule has 0 aliphatic carbocycles. The molecule has 3 heterocycles. The molecule has 0 radical (unpaired) electrons. The van der Waals surface area contributed by atoms with Crippen LogP contribution in [0.5, 0.6) is 0 Å². The van der Waals surface area contributed by atoms with E-state index in [9.17, 15) is 14.4 Å². The first-order chi connectivity index (χ1) is 15.8. The van der Waals surface area contributed by atoms with Gasteiger partial charge in [0.15, 0.2) is 5.54 Å². The summed E-state index contributed by atoms with van der Waals surface area (Å²) in [7, 11) is 0. The van der Waals surface area contributed by atoms with Crippen molar-refractivity contribution < 1.29 is 14.4 Å². The highest BCUT2D eigenvalue weighted by molar-refractivity contribution is 6.23. The number of carbonyl (C=O) groups excluding carboxylic acids is 3.